The summed E-state index contributed by atoms with van der Waals surface area (Å²) in [5.74, 6) is 0.225. The molecule has 0 bridgehead atoms. The first kappa shape index (κ1) is 13.2. The molecule has 0 unspecified atom stereocenters. The van der Waals surface area contributed by atoms with Gasteiger partial charge in [0.1, 0.15) is 12.3 Å². The molecule has 1 aliphatic rings. The Balaban J connectivity index is 1.98. The van der Waals surface area contributed by atoms with E-state index in [1.807, 2.05) is 18.2 Å². The highest BCUT2D eigenvalue weighted by atomic mass is 16.5. The summed E-state index contributed by atoms with van der Waals surface area (Å²) in [6, 6.07) is 15.8. The molecule has 0 spiro atoms. The van der Waals surface area contributed by atoms with Gasteiger partial charge in [-0.25, -0.2) is 9.69 Å². The van der Waals surface area contributed by atoms with Gasteiger partial charge in [-0.1, -0.05) is 30.3 Å². The molecule has 0 aromatic heterocycles. The SMILES string of the molecule is COc1ccccc1N1C(=O)CN(c2ccccc2)C1=O. The lowest BCUT2D eigenvalue weighted by Crippen LogP contribution is -2.33. The third-order valence-electron chi connectivity index (χ3n) is 3.36. The molecule has 1 aliphatic heterocycles. The molecule has 0 radical (unpaired) electrons. The minimum Gasteiger partial charge on any atom is -0.495 e. The maximum absolute atomic E-state index is 12.6. The van der Waals surface area contributed by atoms with Crippen LogP contribution in [0.4, 0.5) is 16.2 Å². The molecule has 1 heterocycles. The monoisotopic (exact) mass is 282 g/mol. The van der Waals surface area contributed by atoms with Crippen molar-refractivity contribution in [3.8, 4) is 5.75 Å². The summed E-state index contributed by atoms with van der Waals surface area (Å²) >= 11 is 0. The van der Waals surface area contributed by atoms with Crippen molar-refractivity contribution in [1.29, 1.82) is 0 Å². The smallest absolute Gasteiger partial charge is 0.336 e. The molecule has 0 saturated carbocycles. The van der Waals surface area contributed by atoms with E-state index in [2.05, 4.69) is 0 Å². The van der Waals surface area contributed by atoms with Gasteiger partial charge < -0.3 is 4.74 Å². The minimum atomic E-state index is -0.365. The molecule has 2 aromatic rings. The number of ether oxygens (including phenoxy) is 1. The molecule has 1 fully saturated rings. The molecule has 21 heavy (non-hydrogen) atoms. The third kappa shape index (κ3) is 2.23. The van der Waals surface area contributed by atoms with Gasteiger partial charge in [0.2, 0.25) is 0 Å². The maximum atomic E-state index is 12.6. The highest BCUT2D eigenvalue weighted by molar-refractivity contribution is 6.27. The van der Waals surface area contributed by atoms with E-state index < -0.39 is 0 Å². The number of amides is 3. The van der Waals surface area contributed by atoms with E-state index in [9.17, 15) is 9.59 Å². The number of rotatable bonds is 3. The Bertz CT molecular complexity index is 685. The quantitative estimate of drug-likeness (QED) is 0.813. The molecule has 0 N–H and O–H groups in total. The fraction of sp³-hybridized carbons (Fsp3) is 0.125. The van der Waals surface area contributed by atoms with Crippen molar-refractivity contribution in [2.45, 2.75) is 0 Å². The highest BCUT2D eigenvalue weighted by Crippen LogP contribution is 2.32. The number of anilines is 2. The predicted molar refractivity (Wildman–Crippen MR) is 79.7 cm³/mol. The van der Waals surface area contributed by atoms with Crippen LogP contribution in [-0.2, 0) is 4.79 Å². The lowest BCUT2D eigenvalue weighted by Gasteiger charge is -2.18. The summed E-state index contributed by atoms with van der Waals surface area (Å²) in [5, 5.41) is 0. The van der Waals surface area contributed by atoms with Crippen LogP contribution in [-0.4, -0.2) is 25.6 Å². The fourth-order valence-electron chi connectivity index (χ4n) is 2.36. The summed E-state index contributed by atoms with van der Waals surface area (Å²) in [5.41, 5.74) is 1.17. The number of hydrogen-bond acceptors (Lipinski definition) is 3. The largest absolute Gasteiger partial charge is 0.495 e. The maximum Gasteiger partial charge on any atom is 0.336 e. The van der Waals surface area contributed by atoms with Gasteiger partial charge in [0.05, 0.1) is 12.8 Å². The second kappa shape index (κ2) is 5.28. The van der Waals surface area contributed by atoms with Crippen molar-refractivity contribution in [3.63, 3.8) is 0 Å². The Hall–Kier alpha value is -2.82. The number of carbonyl (C=O) groups excluding carboxylic acids is 2. The fourth-order valence-corrected chi connectivity index (χ4v) is 2.36. The van der Waals surface area contributed by atoms with E-state index in [0.29, 0.717) is 17.1 Å². The molecule has 106 valence electrons. The van der Waals surface area contributed by atoms with E-state index in [1.165, 1.54) is 12.0 Å². The van der Waals surface area contributed by atoms with Crippen LogP contribution in [0.15, 0.2) is 54.6 Å². The van der Waals surface area contributed by atoms with Gasteiger partial charge in [-0.05, 0) is 24.3 Å². The topological polar surface area (TPSA) is 49.9 Å². The molecule has 5 heteroatoms. The second-order valence-electron chi connectivity index (χ2n) is 4.61. The normalized spacial score (nSPS) is 14.7. The number of carbonyl (C=O) groups is 2. The summed E-state index contributed by atoms with van der Waals surface area (Å²) in [7, 11) is 1.51. The van der Waals surface area contributed by atoms with Gasteiger partial charge in [0.25, 0.3) is 5.91 Å². The summed E-state index contributed by atoms with van der Waals surface area (Å²) in [6.07, 6.45) is 0. The number of nitrogens with zero attached hydrogens (tertiary/aromatic N) is 2. The van der Waals surface area contributed by atoms with Gasteiger partial charge in [0.15, 0.2) is 0 Å². The number of methoxy groups -OCH3 is 1. The van der Waals surface area contributed by atoms with Crippen LogP contribution in [0.2, 0.25) is 0 Å². The van der Waals surface area contributed by atoms with Crippen LogP contribution in [0.3, 0.4) is 0 Å². The van der Waals surface area contributed by atoms with Crippen molar-refractivity contribution in [1.82, 2.24) is 0 Å². The number of urea groups is 1. The van der Waals surface area contributed by atoms with E-state index >= 15 is 0 Å². The van der Waals surface area contributed by atoms with E-state index in [1.54, 1.807) is 36.4 Å². The van der Waals surface area contributed by atoms with Crippen molar-refractivity contribution in [2.24, 2.45) is 0 Å². The van der Waals surface area contributed by atoms with Crippen molar-refractivity contribution >= 4 is 23.3 Å². The van der Waals surface area contributed by atoms with Gasteiger partial charge >= 0.3 is 6.03 Å². The standard InChI is InChI=1S/C16H14N2O3/c1-21-14-10-6-5-9-13(14)18-15(19)11-17(16(18)20)12-7-3-2-4-8-12/h2-10H,11H2,1H3. The molecule has 5 nitrogen and oxygen atoms in total. The first-order valence-corrected chi connectivity index (χ1v) is 6.55. The zero-order valence-corrected chi connectivity index (χ0v) is 11.5. The second-order valence-corrected chi connectivity index (χ2v) is 4.61. The Morgan fingerprint density at radius 2 is 1.62 bits per heavy atom. The molecule has 3 amide bonds. The van der Waals surface area contributed by atoms with Crippen LogP contribution in [0.25, 0.3) is 0 Å². The van der Waals surface area contributed by atoms with E-state index in [4.69, 9.17) is 4.74 Å². The van der Waals surface area contributed by atoms with Crippen molar-refractivity contribution < 1.29 is 14.3 Å². The van der Waals surface area contributed by atoms with E-state index in [0.717, 1.165) is 4.90 Å². The molecular weight excluding hydrogens is 268 g/mol. The number of imide groups is 1. The minimum absolute atomic E-state index is 0.0287. The predicted octanol–water partition coefficient (Wildman–Crippen LogP) is 2.67. The lowest BCUT2D eigenvalue weighted by atomic mass is 10.2. The van der Waals surface area contributed by atoms with Gasteiger partial charge in [-0.2, -0.15) is 0 Å². The zero-order chi connectivity index (χ0) is 14.8. The first-order chi connectivity index (χ1) is 10.2. The van der Waals surface area contributed by atoms with Crippen LogP contribution in [0.1, 0.15) is 0 Å². The Morgan fingerprint density at radius 3 is 2.33 bits per heavy atom. The van der Waals surface area contributed by atoms with Crippen LogP contribution in [0, 0.1) is 0 Å². The Kier molecular flexibility index (Phi) is 3.31. The first-order valence-electron chi connectivity index (χ1n) is 6.55. The lowest BCUT2D eigenvalue weighted by molar-refractivity contribution is -0.115. The van der Waals surface area contributed by atoms with Crippen molar-refractivity contribution in [3.05, 3.63) is 54.6 Å². The van der Waals surface area contributed by atoms with Crippen molar-refractivity contribution in [2.75, 3.05) is 23.5 Å². The van der Waals surface area contributed by atoms with Gasteiger partial charge in [-0.15, -0.1) is 0 Å². The Labute approximate surface area is 122 Å². The average molecular weight is 282 g/mol. The summed E-state index contributed by atoms with van der Waals surface area (Å²) in [4.78, 5) is 27.4. The van der Waals surface area contributed by atoms with Gasteiger partial charge in [0, 0.05) is 5.69 Å². The molecule has 0 atom stereocenters. The summed E-state index contributed by atoms with van der Waals surface area (Å²) < 4.78 is 5.23. The molecular formula is C16H14N2O3. The highest BCUT2D eigenvalue weighted by Gasteiger charge is 2.39. The van der Waals surface area contributed by atoms with Crippen LogP contribution in [0.5, 0.6) is 5.75 Å². The van der Waals surface area contributed by atoms with Gasteiger partial charge in [-0.3, -0.25) is 9.69 Å². The number of benzene rings is 2. The summed E-state index contributed by atoms with van der Waals surface area (Å²) in [6.45, 7) is 0.0287. The van der Waals surface area contributed by atoms with Crippen LogP contribution < -0.4 is 14.5 Å². The molecule has 0 aliphatic carbocycles. The molecule has 3 rings (SSSR count). The number of para-hydroxylation sites is 3. The molecule has 1 saturated heterocycles. The zero-order valence-electron chi connectivity index (χ0n) is 11.5. The Morgan fingerprint density at radius 1 is 0.952 bits per heavy atom. The third-order valence-corrected chi connectivity index (χ3v) is 3.36. The average Bonchev–Trinajstić information content (AvgIpc) is 2.83. The van der Waals surface area contributed by atoms with Crippen LogP contribution >= 0.6 is 0 Å². The van der Waals surface area contributed by atoms with E-state index in [-0.39, 0.29) is 18.5 Å². The molecule has 2 aromatic carbocycles. The number of hydrogen-bond donors (Lipinski definition) is 0.